The number of ether oxygens (including phenoxy) is 1. The van der Waals surface area contributed by atoms with Gasteiger partial charge in [0.1, 0.15) is 6.04 Å². The number of amides is 3. The minimum absolute atomic E-state index is 0.0698. The molecule has 3 amide bonds. The second-order valence-electron chi connectivity index (χ2n) is 12.1. The molecule has 2 heterocycles. The Bertz CT molecular complexity index is 1310. The molecule has 1 saturated heterocycles. The number of fused-ring (bicyclic) bond motifs is 1. The third-order valence-corrected chi connectivity index (χ3v) is 8.48. The van der Waals surface area contributed by atoms with E-state index >= 15 is 0 Å². The first-order chi connectivity index (χ1) is 21.6. The van der Waals surface area contributed by atoms with Gasteiger partial charge in [0.25, 0.3) is 5.91 Å². The van der Waals surface area contributed by atoms with Crippen molar-refractivity contribution in [2.24, 2.45) is 11.8 Å². The number of aliphatic hydroxyl groups is 1. The molecule has 0 bridgehead atoms. The summed E-state index contributed by atoms with van der Waals surface area (Å²) in [4.78, 5) is 68.8. The fourth-order valence-corrected chi connectivity index (χ4v) is 5.78. The molecule has 0 aliphatic carbocycles. The average Bonchev–Trinajstić information content (AvgIpc) is 3.46. The number of benzene rings is 1. The second-order valence-corrected chi connectivity index (χ2v) is 12.1. The zero-order valence-corrected chi connectivity index (χ0v) is 26.5. The van der Waals surface area contributed by atoms with Crippen LogP contribution in [-0.2, 0) is 23.9 Å². The Morgan fingerprint density at radius 2 is 1.69 bits per heavy atom. The number of aliphatic carboxylic acids is 1. The number of rotatable bonds is 14. The number of carboxylic acid groups (broad SMARTS) is 1. The lowest BCUT2D eigenvalue weighted by Crippen LogP contribution is -2.58. The molecule has 6 N–H and O–H groups in total. The SMILES string of the molecule is CCCCCCCC[C@@H](C)[C@@H]1OC[C@H](CO)NC(=O)[C@H](C(=O)c2c[nH]c3ccccc23)NC(=O)[C@@H](CCC(=O)O)NC(=O)[C@H]1C. The molecule has 2 aromatic rings. The van der Waals surface area contributed by atoms with Crippen molar-refractivity contribution in [1.82, 2.24) is 20.9 Å². The van der Waals surface area contributed by atoms with E-state index in [9.17, 15) is 34.2 Å². The number of carboxylic acids is 1. The van der Waals surface area contributed by atoms with Crippen molar-refractivity contribution in [2.75, 3.05) is 13.2 Å². The normalized spacial score (nSPS) is 24.0. The Morgan fingerprint density at radius 3 is 2.40 bits per heavy atom. The van der Waals surface area contributed by atoms with Crippen LogP contribution in [-0.4, -0.2) is 82.1 Å². The standard InChI is InChI=1S/C33H48N4O8/c1-4-5-6-7-8-9-12-20(2)30-21(3)31(42)36-26(15-16-27(39)40)32(43)37-28(33(44)35-22(18-38)19-45-30)29(41)24-17-34-25-14-11-10-13-23(24)25/h10-11,13-14,17,20-22,26,28,30,34,38H,4-9,12,15-16,18-19H2,1-3H3,(H,35,44)(H,36,42)(H,37,43)(H,39,40)/t20-,21+,22+,26-,28+,30+/m1/s1. The van der Waals surface area contributed by atoms with Crippen LogP contribution in [0.4, 0.5) is 0 Å². The molecular formula is C33H48N4O8. The summed E-state index contributed by atoms with van der Waals surface area (Å²) >= 11 is 0. The number of hydrogen-bond donors (Lipinski definition) is 6. The van der Waals surface area contributed by atoms with Crippen LogP contribution in [0.3, 0.4) is 0 Å². The predicted octanol–water partition coefficient (Wildman–Crippen LogP) is 3.08. The minimum Gasteiger partial charge on any atom is -0.481 e. The third-order valence-electron chi connectivity index (χ3n) is 8.48. The smallest absolute Gasteiger partial charge is 0.303 e. The Hall–Kier alpha value is -3.77. The van der Waals surface area contributed by atoms with Crippen LogP contribution < -0.4 is 16.0 Å². The van der Waals surface area contributed by atoms with Crippen molar-refractivity contribution in [3.8, 4) is 0 Å². The van der Waals surface area contributed by atoms with E-state index in [2.05, 4.69) is 27.9 Å². The van der Waals surface area contributed by atoms with Gasteiger partial charge in [-0.2, -0.15) is 0 Å². The first-order valence-corrected chi connectivity index (χ1v) is 16.0. The van der Waals surface area contributed by atoms with Crippen molar-refractivity contribution in [1.29, 1.82) is 0 Å². The number of H-pyrrole nitrogens is 1. The minimum atomic E-state index is -1.73. The van der Waals surface area contributed by atoms with Crippen molar-refractivity contribution in [3.63, 3.8) is 0 Å². The summed E-state index contributed by atoms with van der Waals surface area (Å²) in [6, 6.07) is 3.00. The molecule has 1 aromatic carbocycles. The lowest BCUT2D eigenvalue weighted by atomic mass is 9.88. The van der Waals surface area contributed by atoms with Crippen LogP contribution >= 0.6 is 0 Å². The highest BCUT2D eigenvalue weighted by atomic mass is 16.5. The van der Waals surface area contributed by atoms with Crippen LogP contribution in [0.2, 0.25) is 0 Å². The van der Waals surface area contributed by atoms with Crippen molar-refractivity contribution < 1.29 is 38.9 Å². The molecule has 1 aliphatic rings. The molecule has 1 aliphatic heterocycles. The van der Waals surface area contributed by atoms with E-state index in [0.717, 1.165) is 32.1 Å². The number of unbranched alkanes of at least 4 members (excludes halogenated alkanes) is 5. The molecule has 248 valence electrons. The van der Waals surface area contributed by atoms with Gasteiger partial charge in [-0.15, -0.1) is 0 Å². The lowest BCUT2D eigenvalue weighted by molar-refractivity contribution is -0.139. The van der Waals surface area contributed by atoms with Crippen molar-refractivity contribution in [2.45, 2.75) is 103 Å². The first kappa shape index (κ1) is 35.7. The summed E-state index contributed by atoms with van der Waals surface area (Å²) in [5.41, 5.74) is 0.816. The van der Waals surface area contributed by atoms with Crippen LogP contribution in [0.5, 0.6) is 0 Å². The molecule has 12 heteroatoms. The summed E-state index contributed by atoms with van der Waals surface area (Å²) in [7, 11) is 0. The maximum Gasteiger partial charge on any atom is 0.303 e. The molecule has 12 nitrogen and oxygen atoms in total. The van der Waals surface area contributed by atoms with Crippen LogP contribution in [0.25, 0.3) is 10.9 Å². The van der Waals surface area contributed by atoms with E-state index < -0.39 is 72.6 Å². The van der Waals surface area contributed by atoms with Gasteiger partial charge < -0.3 is 35.9 Å². The van der Waals surface area contributed by atoms with Gasteiger partial charge in [-0.25, -0.2) is 0 Å². The number of aromatic nitrogens is 1. The molecular weight excluding hydrogens is 580 g/mol. The topological polar surface area (TPSA) is 187 Å². The van der Waals surface area contributed by atoms with Crippen molar-refractivity contribution in [3.05, 3.63) is 36.0 Å². The molecule has 1 fully saturated rings. The molecule has 0 saturated carbocycles. The van der Waals surface area contributed by atoms with Gasteiger partial charge in [0.05, 0.1) is 31.3 Å². The highest BCUT2D eigenvalue weighted by molar-refractivity contribution is 6.20. The van der Waals surface area contributed by atoms with Crippen LogP contribution in [0.1, 0.15) is 88.9 Å². The molecule has 0 unspecified atom stereocenters. The fourth-order valence-electron chi connectivity index (χ4n) is 5.78. The maximum atomic E-state index is 13.8. The summed E-state index contributed by atoms with van der Waals surface area (Å²) in [5.74, 6) is -4.95. The molecule has 0 spiro atoms. The number of aromatic amines is 1. The maximum absolute atomic E-state index is 13.8. The summed E-state index contributed by atoms with van der Waals surface area (Å²) in [6.45, 7) is 5.19. The zero-order valence-electron chi connectivity index (χ0n) is 26.5. The zero-order chi connectivity index (χ0) is 32.9. The fraction of sp³-hybridized carbons (Fsp3) is 0.606. The highest BCUT2D eigenvalue weighted by Crippen LogP contribution is 2.25. The van der Waals surface area contributed by atoms with Gasteiger partial charge in [0.2, 0.25) is 11.8 Å². The molecule has 3 rings (SSSR count). The number of carbonyl (C=O) groups excluding carboxylic acids is 4. The van der Waals surface area contributed by atoms with Crippen LogP contribution in [0, 0.1) is 11.8 Å². The summed E-state index contributed by atoms with van der Waals surface area (Å²) in [5, 5.41) is 27.7. The monoisotopic (exact) mass is 628 g/mol. The van der Waals surface area contributed by atoms with E-state index in [1.807, 2.05) is 6.92 Å². The number of carbonyl (C=O) groups is 5. The number of Topliss-reactive ketones (excluding diaryl/α,β-unsaturated/α-hetero) is 1. The average molecular weight is 629 g/mol. The van der Waals surface area contributed by atoms with E-state index in [0.29, 0.717) is 10.9 Å². The number of ketones is 1. The Kier molecular flexibility index (Phi) is 14.0. The number of nitrogens with one attached hydrogen (secondary N) is 4. The number of para-hydroxylation sites is 1. The van der Waals surface area contributed by atoms with E-state index in [1.165, 1.54) is 19.0 Å². The van der Waals surface area contributed by atoms with Gasteiger partial charge in [-0.1, -0.05) is 77.5 Å². The molecule has 45 heavy (non-hydrogen) atoms. The molecule has 6 atom stereocenters. The molecule has 0 radical (unpaired) electrons. The first-order valence-electron chi connectivity index (χ1n) is 16.0. The lowest BCUT2D eigenvalue weighted by Gasteiger charge is -2.31. The summed E-state index contributed by atoms with van der Waals surface area (Å²) in [6.07, 6.45) is 7.58. The Morgan fingerprint density at radius 1 is 0.978 bits per heavy atom. The van der Waals surface area contributed by atoms with E-state index in [4.69, 9.17) is 4.74 Å². The predicted molar refractivity (Wildman–Crippen MR) is 168 cm³/mol. The quantitative estimate of drug-likeness (QED) is 0.105. The van der Waals surface area contributed by atoms with Crippen molar-refractivity contribution >= 4 is 40.4 Å². The van der Waals surface area contributed by atoms with Gasteiger partial charge >= 0.3 is 5.97 Å². The van der Waals surface area contributed by atoms with Gasteiger partial charge in [0, 0.05) is 29.1 Å². The third kappa shape index (κ3) is 10.1. The van der Waals surface area contributed by atoms with Gasteiger partial charge in [-0.3, -0.25) is 24.0 Å². The Labute approximate surface area is 264 Å². The van der Waals surface area contributed by atoms with E-state index in [1.54, 1.807) is 31.2 Å². The summed E-state index contributed by atoms with van der Waals surface area (Å²) < 4.78 is 6.21. The van der Waals surface area contributed by atoms with Gasteiger partial charge in [-0.05, 0) is 24.8 Å². The highest BCUT2D eigenvalue weighted by Gasteiger charge is 2.37. The number of aliphatic hydroxyl groups excluding tert-OH is 1. The largest absolute Gasteiger partial charge is 0.481 e. The Balaban J connectivity index is 1.90. The second kappa shape index (κ2) is 17.6. The molecule has 1 aromatic heterocycles. The van der Waals surface area contributed by atoms with Gasteiger partial charge in [0.15, 0.2) is 11.8 Å². The van der Waals surface area contributed by atoms with Crippen LogP contribution in [0.15, 0.2) is 30.5 Å². The van der Waals surface area contributed by atoms with E-state index in [-0.39, 0.29) is 24.5 Å². The number of hydrogen-bond acceptors (Lipinski definition) is 7.